The van der Waals surface area contributed by atoms with Crippen LogP contribution in [-0.4, -0.2) is 35.7 Å². The van der Waals surface area contributed by atoms with Crippen LogP contribution in [0.25, 0.3) is 0 Å². The predicted octanol–water partition coefficient (Wildman–Crippen LogP) is 3.00. The van der Waals surface area contributed by atoms with Gasteiger partial charge in [0.1, 0.15) is 5.54 Å². The Kier molecular flexibility index (Phi) is 3.94. The lowest BCUT2D eigenvalue weighted by atomic mass is 9.84. The number of rotatable bonds is 3. The van der Waals surface area contributed by atoms with Gasteiger partial charge < -0.3 is 10.2 Å². The molecule has 25 heavy (non-hydrogen) atoms. The molecule has 132 valence electrons. The Bertz CT molecular complexity index is 796. The van der Waals surface area contributed by atoms with Crippen molar-refractivity contribution < 1.29 is 9.59 Å². The third-order valence-corrected chi connectivity index (χ3v) is 5.30. The molecule has 0 unspecified atom stereocenters. The third-order valence-electron chi connectivity index (χ3n) is 5.30. The van der Waals surface area contributed by atoms with Crippen LogP contribution in [0.15, 0.2) is 41.1 Å². The molecule has 0 aromatic heterocycles. The largest absolute Gasteiger partial charge is 0.347 e. The second-order valence-electron chi connectivity index (χ2n) is 7.25. The van der Waals surface area contributed by atoms with Crippen molar-refractivity contribution in [1.82, 2.24) is 10.3 Å². The summed E-state index contributed by atoms with van der Waals surface area (Å²) >= 11 is 0. The molecule has 2 heterocycles. The molecule has 0 aliphatic carbocycles. The Morgan fingerprint density at radius 1 is 1.20 bits per heavy atom. The summed E-state index contributed by atoms with van der Waals surface area (Å²) in [6, 6.07) is 7.77. The van der Waals surface area contributed by atoms with Gasteiger partial charge in [-0.15, -0.1) is 5.01 Å². The fourth-order valence-corrected chi connectivity index (χ4v) is 3.49. The Morgan fingerprint density at radius 2 is 1.88 bits per heavy atom. The number of hydrogen-bond donors (Lipinski definition) is 1. The molecule has 1 aromatic rings. The van der Waals surface area contributed by atoms with Crippen molar-refractivity contribution in [3.8, 4) is 0 Å². The number of benzene rings is 1. The summed E-state index contributed by atoms with van der Waals surface area (Å²) < 4.78 is 0. The highest BCUT2D eigenvalue weighted by Crippen LogP contribution is 2.46. The molecule has 1 saturated heterocycles. The zero-order valence-electron chi connectivity index (χ0n) is 15.3. The van der Waals surface area contributed by atoms with E-state index in [1.54, 1.807) is 6.92 Å². The van der Waals surface area contributed by atoms with E-state index in [9.17, 15) is 9.59 Å². The lowest BCUT2D eigenvalue weighted by Crippen LogP contribution is -2.42. The molecule has 1 fully saturated rings. The lowest BCUT2D eigenvalue weighted by Gasteiger charge is -2.23. The van der Waals surface area contributed by atoms with E-state index in [2.05, 4.69) is 41.3 Å². The number of para-hydroxylation sites is 1. The van der Waals surface area contributed by atoms with Crippen molar-refractivity contribution in [2.24, 2.45) is 5.10 Å². The Morgan fingerprint density at radius 3 is 2.48 bits per heavy atom. The lowest BCUT2D eigenvalue weighted by molar-refractivity contribution is -0.130. The van der Waals surface area contributed by atoms with Gasteiger partial charge in [0.05, 0.1) is 0 Å². The quantitative estimate of drug-likeness (QED) is 0.679. The minimum Gasteiger partial charge on any atom is -0.347 e. The average molecular weight is 340 g/mol. The minimum atomic E-state index is -0.874. The molecule has 3 amide bonds. The fourth-order valence-electron chi connectivity index (χ4n) is 3.49. The number of urea groups is 1. The van der Waals surface area contributed by atoms with Crippen molar-refractivity contribution >= 4 is 23.8 Å². The summed E-state index contributed by atoms with van der Waals surface area (Å²) in [4.78, 5) is 26.5. The van der Waals surface area contributed by atoms with Crippen LogP contribution in [0.3, 0.4) is 0 Å². The molecular weight excluding hydrogens is 316 g/mol. The standard InChI is InChI=1S/C19H24N4O2/c1-6-19(4)16(24)23(17(25)21-19)20-12-11-15-18(2,3)13-9-7-8-10-14(13)22(15)5/h7-12H,6H2,1-5H3,(H,21,25)/b15-11-,20-12-/t19-/m0/s1. The van der Waals surface area contributed by atoms with Gasteiger partial charge in [0, 0.05) is 30.1 Å². The van der Waals surface area contributed by atoms with Gasteiger partial charge in [-0.3, -0.25) is 4.79 Å². The molecule has 6 nitrogen and oxygen atoms in total. The Hall–Kier alpha value is -2.63. The van der Waals surface area contributed by atoms with Gasteiger partial charge in [0.15, 0.2) is 0 Å². The van der Waals surface area contributed by atoms with Crippen molar-refractivity contribution in [1.29, 1.82) is 0 Å². The normalized spacial score (nSPS) is 26.7. The molecular formula is C19H24N4O2. The van der Waals surface area contributed by atoms with Crippen LogP contribution in [0.5, 0.6) is 0 Å². The highest BCUT2D eigenvalue weighted by Gasteiger charge is 2.47. The number of likely N-dealkylation sites (N-methyl/N-ethyl adjacent to an activating group) is 1. The van der Waals surface area contributed by atoms with E-state index >= 15 is 0 Å². The summed E-state index contributed by atoms with van der Waals surface area (Å²) in [5, 5.41) is 7.70. The SMILES string of the molecule is CC[C@]1(C)NC(=O)N(/N=C\C=C2/N(C)c3ccccc3C2(C)C)C1=O. The summed E-state index contributed by atoms with van der Waals surface area (Å²) in [7, 11) is 2.01. The van der Waals surface area contributed by atoms with Gasteiger partial charge in [-0.05, 0) is 31.1 Å². The van der Waals surface area contributed by atoms with Gasteiger partial charge in [0.25, 0.3) is 5.91 Å². The molecule has 2 aliphatic heterocycles. The average Bonchev–Trinajstić information content (AvgIpc) is 2.92. The van der Waals surface area contributed by atoms with Crippen LogP contribution in [0.4, 0.5) is 10.5 Å². The van der Waals surface area contributed by atoms with Gasteiger partial charge in [-0.25, -0.2) is 4.79 Å². The van der Waals surface area contributed by atoms with E-state index in [-0.39, 0.29) is 11.3 Å². The maximum atomic E-state index is 12.4. The number of hydrogen-bond acceptors (Lipinski definition) is 4. The summed E-state index contributed by atoms with van der Waals surface area (Å²) in [5.41, 5.74) is 2.41. The number of nitrogens with one attached hydrogen (secondary N) is 1. The molecule has 2 aliphatic rings. The van der Waals surface area contributed by atoms with Crippen LogP contribution in [0.1, 0.15) is 39.7 Å². The molecule has 1 N–H and O–H groups in total. The van der Waals surface area contributed by atoms with Crippen LogP contribution in [0, 0.1) is 0 Å². The maximum Gasteiger partial charge on any atom is 0.346 e. The number of carbonyl (C=O) groups is 2. The first-order valence-corrected chi connectivity index (χ1v) is 8.47. The van der Waals surface area contributed by atoms with Gasteiger partial charge in [-0.2, -0.15) is 5.10 Å². The molecule has 1 aromatic carbocycles. The molecule has 0 saturated carbocycles. The van der Waals surface area contributed by atoms with E-state index in [0.717, 1.165) is 16.4 Å². The molecule has 0 spiro atoms. The van der Waals surface area contributed by atoms with E-state index in [1.807, 2.05) is 32.2 Å². The number of allylic oxidation sites excluding steroid dienone is 2. The van der Waals surface area contributed by atoms with Crippen LogP contribution < -0.4 is 10.2 Å². The van der Waals surface area contributed by atoms with Crippen LogP contribution >= 0.6 is 0 Å². The Labute approximate surface area is 148 Å². The first-order valence-electron chi connectivity index (χ1n) is 8.47. The van der Waals surface area contributed by atoms with Gasteiger partial charge in [-0.1, -0.05) is 39.0 Å². The number of fused-ring (bicyclic) bond motifs is 1. The first-order chi connectivity index (χ1) is 11.7. The van der Waals surface area contributed by atoms with Gasteiger partial charge >= 0.3 is 6.03 Å². The number of anilines is 1. The number of carbonyl (C=O) groups excluding carboxylic acids is 2. The topological polar surface area (TPSA) is 65.0 Å². The number of hydrazone groups is 1. The van der Waals surface area contributed by atoms with Crippen molar-refractivity contribution in [3.63, 3.8) is 0 Å². The van der Waals surface area contributed by atoms with E-state index in [1.165, 1.54) is 11.8 Å². The summed E-state index contributed by atoms with van der Waals surface area (Å²) in [6.45, 7) is 7.88. The molecule has 0 bridgehead atoms. The van der Waals surface area contributed by atoms with E-state index < -0.39 is 11.6 Å². The van der Waals surface area contributed by atoms with Crippen molar-refractivity contribution in [2.75, 3.05) is 11.9 Å². The monoisotopic (exact) mass is 340 g/mol. The Balaban J connectivity index is 1.87. The predicted molar refractivity (Wildman–Crippen MR) is 98.5 cm³/mol. The molecule has 0 radical (unpaired) electrons. The zero-order valence-corrected chi connectivity index (χ0v) is 15.3. The molecule has 1 atom stereocenters. The molecule has 3 rings (SSSR count). The second-order valence-corrected chi connectivity index (χ2v) is 7.25. The second kappa shape index (κ2) is 5.72. The third kappa shape index (κ3) is 2.52. The van der Waals surface area contributed by atoms with E-state index in [0.29, 0.717) is 6.42 Å². The van der Waals surface area contributed by atoms with Gasteiger partial charge in [0.2, 0.25) is 0 Å². The number of imide groups is 1. The molecule has 6 heteroatoms. The van der Waals surface area contributed by atoms with Crippen LogP contribution in [-0.2, 0) is 10.2 Å². The van der Waals surface area contributed by atoms with Crippen molar-refractivity contribution in [3.05, 3.63) is 41.6 Å². The van der Waals surface area contributed by atoms with Crippen molar-refractivity contribution in [2.45, 2.75) is 45.1 Å². The number of amides is 3. The highest BCUT2D eigenvalue weighted by molar-refractivity contribution is 6.07. The first kappa shape index (κ1) is 17.2. The van der Waals surface area contributed by atoms with Crippen LogP contribution in [0.2, 0.25) is 0 Å². The maximum absolute atomic E-state index is 12.4. The fraction of sp³-hybridized carbons (Fsp3) is 0.421. The minimum absolute atomic E-state index is 0.174. The summed E-state index contributed by atoms with van der Waals surface area (Å²) in [6.07, 6.45) is 3.91. The smallest absolute Gasteiger partial charge is 0.346 e. The number of nitrogens with zero attached hydrogens (tertiary/aromatic N) is 3. The highest BCUT2D eigenvalue weighted by atomic mass is 16.2. The van der Waals surface area contributed by atoms with E-state index in [4.69, 9.17) is 0 Å². The summed E-state index contributed by atoms with van der Waals surface area (Å²) in [5.74, 6) is -0.322. The zero-order chi connectivity index (χ0) is 18.4.